The summed E-state index contributed by atoms with van der Waals surface area (Å²) in [5, 5.41) is 0. The van der Waals surface area contributed by atoms with E-state index in [0.29, 0.717) is 0 Å². The SMILES string of the molecule is COCC(=O)C(OC)C(C)(C)C. The molecule has 0 aliphatic carbocycles. The summed E-state index contributed by atoms with van der Waals surface area (Å²) in [6.45, 7) is 6.02. The molecule has 0 fully saturated rings. The number of carbonyl (C=O) groups excluding carboxylic acids is 1. The van der Waals surface area contributed by atoms with Crippen molar-refractivity contribution in [3.63, 3.8) is 0 Å². The molecule has 0 aromatic rings. The minimum Gasteiger partial charge on any atom is -0.377 e. The number of hydrogen-bond donors (Lipinski definition) is 0. The quantitative estimate of drug-likeness (QED) is 0.643. The number of ether oxygens (including phenoxy) is 2. The lowest BCUT2D eigenvalue weighted by molar-refractivity contribution is -0.138. The molecule has 0 saturated carbocycles. The molecule has 0 aliphatic rings. The second-order valence-corrected chi connectivity index (χ2v) is 3.88. The fraction of sp³-hybridized carbons (Fsp3) is 0.889. The van der Waals surface area contributed by atoms with Gasteiger partial charge < -0.3 is 9.47 Å². The van der Waals surface area contributed by atoms with E-state index in [9.17, 15) is 4.79 Å². The van der Waals surface area contributed by atoms with Crippen LogP contribution in [-0.4, -0.2) is 32.7 Å². The molecular formula is C9H18O3. The van der Waals surface area contributed by atoms with E-state index >= 15 is 0 Å². The molecule has 0 radical (unpaired) electrons. The van der Waals surface area contributed by atoms with Crippen LogP contribution in [0.4, 0.5) is 0 Å². The average Bonchev–Trinajstić information content (AvgIpc) is 1.85. The maximum Gasteiger partial charge on any atom is 0.187 e. The molecule has 0 spiro atoms. The third-order valence-corrected chi connectivity index (χ3v) is 1.60. The maximum atomic E-state index is 11.4. The van der Waals surface area contributed by atoms with Crippen molar-refractivity contribution in [1.82, 2.24) is 0 Å². The zero-order valence-electron chi connectivity index (χ0n) is 8.51. The topological polar surface area (TPSA) is 35.5 Å². The average molecular weight is 174 g/mol. The highest BCUT2D eigenvalue weighted by Crippen LogP contribution is 2.22. The van der Waals surface area contributed by atoms with Crippen LogP contribution >= 0.6 is 0 Å². The predicted octanol–water partition coefficient (Wildman–Crippen LogP) is 1.26. The molecule has 0 rings (SSSR count). The lowest BCUT2D eigenvalue weighted by Gasteiger charge is -2.27. The van der Waals surface area contributed by atoms with Gasteiger partial charge in [-0.25, -0.2) is 0 Å². The Kier molecular flexibility index (Phi) is 4.42. The summed E-state index contributed by atoms with van der Waals surface area (Å²) in [7, 11) is 3.05. The minimum atomic E-state index is -0.377. The minimum absolute atomic E-state index is 0.00694. The van der Waals surface area contributed by atoms with E-state index in [4.69, 9.17) is 9.47 Å². The molecule has 0 amide bonds. The van der Waals surface area contributed by atoms with Crippen LogP contribution in [0.15, 0.2) is 0 Å². The number of Topliss-reactive ketones (excluding diaryl/α,β-unsaturated/α-hetero) is 1. The van der Waals surface area contributed by atoms with Crippen LogP contribution in [0.5, 0.6) is 0 Å². The number of ketones is 1. The molecule has 0 heterocycles. The maximum absolute atomic E-state index is 11.4. The van der Waals surface area contributed by atoms with Crippen molar-refractivity contribution in [2.24, 2.45) is 5.41 Å². The normalized spacial score (nSPS) is 14.4. The molecule has 1 atom stereocenters. The number of rotatable bonds is 4. The van der Waals surface area contributed by atoms with E-state index in [1.807, 2.05) is 20.8 Å². The molecule has 0 N–H and O–H groups in total. The van der Waals surface area contributed by atoms with Gasteiger partial charge in [0, 0.05) is 14.2 Å². The van der Waals surface area contributed by atoms with E-state index in [-0.39, 0.29) is 23.9 Å². The Bertz CT molecular complexity index is 146. The van der Waals surface area contributed by atoms with Gasteiger partial charge in [-0.15, -0.1) is 0 Å². The highest BCUT2D eigenvalue weighted by Gasteiger charge is 2.30. The summed E-state index contributed by atoms with van der Waals surface area (Å²) in [6.07, 6.45) is -0.377. The first kappa shape index (κ1) is 11.6. The van der Waals surface area contributed by atoms with Gasteiger partial charge in [-0.3, -0.25) is 4.79 Å². The van der Waals surface area contributed by atoms with Gasteiger partial charge in [0.15, 0.2) is 5.78 Å². The summed E-state index contributed by atoms with van der Waals surface area (Å²) < 4.78 is 9.85. The van der Waals surface area contributed by atoms with Gasteiger partial charge in [-0.05, 0) is 5.41 Å². The lowest BCUT2D eigenvalue weighted by atomic mass is 9.86. The highest BCUT2D eigenvalue weighted by atomic mass is 16.5. The van der Waals surface area contributed by atoms with Gasteiger partial charge in [0.1, 0.15) is 12.7 Å². The van der Waals surface area contributed by atoms with Crippen molar-refractivity contribution >= 4 is 5.78 Å². The van der Waals surface area contributed by atoms with Crippen LogP contribution in [0.1, 0.15) is 20.8 Å². The van der Waals surface area contributed by atoms with Crippen LogP contribution in [0, 0.1) is 5.41 Å². The zero-order valence-corrected chi connectivity index (χ0v) is 8.51. The second kappa shape index (κ2) is 4.58. The summed E-state index contributed by atoms with van der Waals surface area (Å²) >= 11 is 0. The smallest absolute Gasteiger partial charge is 0.187 e. The monoisotopic (exact) mass is 174 g/mol. The Morgan fingerprint density at radius 1 is 1.33 bits per heavy atom. The molecule has 3 nitrogen and oxygen atoms in total. The van der Waals surface area contributed by atoms with Crippen LogP contribution in [0.25, 0.3) is 0 Å². The first-order valence-electron chi connectivity index (χ1n) is 3.98. The van der Waals surface area contributed by atoms with E-state index in [1.54, 1.807) is 7.11 Å². The van der Waals surface area contributed by atoms with Crippen molar-refractivity contribution in [3.8, 4) is 0 Å². The number of hydrogen-bond acceptors (Lipinski definition) is 3. The molecular weight excluding hydrogens is 156 g/mol. The van der Waals surface area contributed by atoms with E-state index in [2.05, 4.69) is 0 Å². The van der Waals surface area contributed by atoms with Crippen molar-refractivity contribution in [2.45, 2.75) is 26.9 Å². The fourth-order valence-corrected chi connectivity index (χ4v) is 1.19. The predicted molar refractivity (Wildman–Crippen MR) is 47.1 cm³/mol. The molecule has 0 saturated heterocycles. The molecule has 72 valence electrons. The largest absolute Gasteiger partial charge is 0.377 e. The summed E-state index contributed by atoms with van der Waals surface area (Å²) in [5.41, 5.74) is -0.162. The van der Waals surface area contributed by atoms with E-state index in [0.717, 1.165) is 0 Å². The van der Waals surface area contributed by atoms with Crippen LogP contribution in [-0.2, 0) is 14.3 Å². The summed E-state index contributed by atoms with van der Waals surface area (Å²) in [6, 6.07) is 0. The van der Waals surface area contributed by atoms with E-state index < -0.39 is 0 Å². The zero-order chi connectivity index (χ0) is 9.78. The molecule has 12 heavy (non-hydrogen) atoms. The molecule has 0 bridgehead atoms. The Morgan fingerprint density at radius 3 is 2.08 bits per heavy atom. The second-order valence-electron chi connectivity index (χ2n) is 3.88. The number of carbonyl (C=O) groups is 1. The highest BCUT2D eigenvalue weighted by molar-refractivity contribution is 5.85. The van der Waals surface area contributed by atoms with Crippen LogP contribution in [0.2, 0.25) is 0 Å². The van der Waals surface area contributed by atoms with Gasteiger partial charge in [-0.1, -0.05) is 20.8 Å². The van der Waals surface area contributed by atoms with Crippen LogP contribution in [0.3, 0.4) is 0 Å². The van der Waals surface area contributed by atoms with E-state index in [1.165, 1.54) is 7.11 Å². The Morgan fingerprint density at radius 2 is 1.83 bits per heavy atom. The molecule has 0 aromatic heterocycles. The lowest BCUT2D eigenvalue weighted by Crippen LogP contribution is -2.38. The number of methoxy groups -OCH3 is 2. The van der Waals surface area contributed by atoms with Crippen molar-refractivity contribution in [1.29, 1.82) is 0 Å². The molecule has 3 heteroatoms. The summed E-state index contributed by atoms with van der Waals surface area (Å²) in [4.78, 5) is 11.4. The van der Waals surface area contributed by atoms with Crippen molar-refractivity contribution in [3.05, 3.63) is 0 Å². The molecule has 0 aliphatic heterocycles. The standard InChI is InChI=1S/C9H18O3/c1-9(2,3)8(12-5)7(10)6-11-4/h8H,6H2,1-5H3. The van der Waals surface area contributed by atoms with Gasteiger partial charge in [0.2, 0.25) is 0 Å². The van der Waals surface area contributed by atoms with Gasteiger partial charge in [-0.2, -0.15) is 0 Å². The van der Waals surface area contributed by atoms with Gasteiger partial charge in [0.05, 0.1) is 0 Å². The molecule has 0 aromatic carbocycles. The third kappa shape index (κ3) is 3.32. The van der Waals surface area contributed by atoms with Crippen LogP contribution < -0.4 is 0 Å². The Hall–Kier alpha value is -0.410. The van der Waals surface area contributed by atoms with Gasteiger partial charge >= 0.3 is 0 Å². The van der Waals surface area contributed by atoms with Gasteiger partial charge in [0.25, 0.3) is 0 Å². The Balaban J connectivity index is 4.25. The molecule has 1 unspecified atom stereocenters. The van der Waals surface area contributed by atoms with Crippen molar-refractivity contribution in [2.75, 3.05) is 20.8 Å². The summed E-state index contributed by atoms with van der Waals surface area (Å²) in [5.74, 6) is -0.00694. The Labute approximate surface area is 74.0 Å². The van der Waals surface area contributed by atoms with Crippen molar-refractivity contribution < 1.29 is 14.3 Å². The first-order valence-corrected chi connectivity index (χ1v) is 3.98. The fourth-order valence-electron chi connectivity index (χ4n) is 1.19. The first-order chi connectivity index (χ1) is 5.43. The third-order valence-electron chi connectivity index (χ3n) is 1.60.